The second kappa shape index (κ2) is 9.46. The van der Waals surface area contributed by atoms with E-state index in [0.717, 1.165) is 5.69 Å². The summed E-state index contributed by atoms with van der Waals surface area (Å²) in [7, 11) is 3.24. The van der Waals surface area contributed by atoms with Crippen LogP contribution in [0.2, 0.25) is 0 Å². The third kappa shape index (κ3) is 4.88. The Morgan fingerprint density at radius 2 is 1.68 bits per heavy atom. The SMILES string of the molecule is COc1ccc(OC)c([C@@H](O)[P@@](=O)(OCC(C)C)c2ccc(N(C)C)cc2)c1. The van der Waals surface area contributed by atoms with Crippen LogP contribution in [0.1, 0.15) is 25.3 Å². The molecule has 7 heteroatoms. The van der Waals surface area contributed by atoms with Crippen LogP contribution in [0.5, 0.6) is 11.5 Å². The van der Waals surface area contributed by atoms with Crippen molar-refractivity contribution in [1.82, 2.24) is 0 Å². The van der Waals surface area contributed by atoms with Crippen LogP contribution in [-0.4, -0.2) is 40.0 Å². The molecule has 0 bridgehead atoms. The van der Waals surface area contributed by atoms with Gasteiger partial charge in [-0.05, 0) is 48.4 Å². The standard InChI is InChI=1S/C21H30NO5P/c1-15(2)14-27-28(24,18-10-7-16(8-11-18)22(3)4)21(23)19-13-17(25-5)9-12-20(19)26-6/h7-13,15,21,23H,14H2,1-6H3/t21-,28-/m0/s1. The maximum atomic E-state index is 14.0. The Balaban J connectivity index is 2.54. The van der Waals surface area contributed by atoms with Crippen LogP contribution in [0.15, 0.2) is 42.5 Å². The van der Waals surface area contributed by atoms with E-state index in [1.807, 2.05) is 45.0 Å². The molecule has 0 heterocycles. The number of anilines is 1. The molecule has 0 radical (unpaired) electrons. The van der Waals surface area contributed by atoms with E-state index >= 15 is 0 Å². The zero-order valence-electron chi connectivity index (χ0n) is 17.4. The molecule has 2 rings (SSSR count). The highest BCUT2D eigenvalue weighted by atomic mass is 31.2. The van der Waals surface area contributed by atoms with Crippen LogP contribution in [0.3, 0.4) is 0 Å². The van der Waals surface area contributed by atoms with Crippen molar-refractivity contribution in [3.8, 4) is 11.5 Å². The van der Waals surface area contributed by atoms with E-state index < -0.39 is 13.2 Å². The molecule has 6 nitrogen and oxygen atoms in total. The molecule has 28 heavy (non-hydrogen) atoms. The number of nitrogens with zero attached hydrogens (tertiary/aromatic N) is 1. The fourth-order valence-electron chi connectivity index (χ4n) is 2.73. The summed E-state index contributed by atoms with van der Waals surface area (Å²) >= 11 is 0. The predicted molar refractivity (Wildman–Crippen MR) is 113 cm³/mol. The molecule has 0 aliphatic heterocycles. The van der Waals surface area contributed by atoms with Crippen molar-refractivity contribution in [2.24, 2.45) is 5.92 Å². The van der Waals surface area contributed by atoms with Crippen molar-refractivity contribution in [2.75, 3.05) is 39.8 Å². The molecule has 0 amide bonds. The molecular formula is C21H30NO5P. The lowest BCUT2D eigenvalue weighted by molar-refractivity contribution is 0.199. The largest absolute Gasteiger partial charge is 0.497 e. The van der Waals surface area contributed by atoms with E-state index in [1.165, 1.54) is 14.2 Å². The van der Waals surface area contributed by atoms with E-state index in [0.29, 0.717) is 22.4 Å². The molecule has 0 saturated carbocycles. The molecule has 1 N–H and O–H groups in total. The number of aliphatic hydroxyl groups is 1. The minimum absolute atomic E-state index is 0.161. The minimum atomic E-state index is -3.66. The van der Waals surface area contributed by atoms with Crippen LogP contribution >= 0.6 is 7.37 Å². The van der Waals surface area contributed by atoms with E-state index in [2.05, 4.69) is 0 Å². The fraction of sp³-hybridized carbons (Fsp3) is 0.429. The lowest BCUT2D eigenvalue weighted by atomic mass is 10.2. The molecule has 0 aliphatic rings. The average Bonchev–Trinajstić information content (AvgIpc) is 2.70. The van der Waals surface area contributed by atoms with Crippen molar-refractivity contribution in [2.45, 2.75) is 19.7 Å². The second-order valence-electron chi connectivity index (χ2n) is 7.18. The minimum Gasteiger partial charge on any atom is -0.497 e. The van der Waals surface area contributed by atoms with Gasteiger partial charge in [0.15, 0.2) is 5.85 Å². The predicted octanol–water partition coefficient (Wildman–Crippen LogP) is 4.04. The van der Waals surface area contributed by atoms with Gasteiger partial charge in [0.05, 0.1) is 20.8 Å². The maximum Gasteiger partial charge on any atom is 0.264 e. The zero-order valence-corrected chi connectivity index (χ0v) is 18.3. The van der Waals surface area contributed by atoms with Crippen molar-refractivity contribution in [1.29, 1.82) is 0 Å². The fourth-order valence-corrected chi connectivity index (χ4v) is 4.95. The number of benzene rings is 2. The van der Waals surface area contributed by atoms with Crippen LogP contribution in [0.25, 0.3) is 0 Å². The molecule has 0 aromatic heterocycles. The van der Waals surface area contributed by atoms with Crippen molar-refractivity contribution in [3.05, 3.63) is 48.0 Å². The van der Waals surface area contributed by atoms with Crippen LogP contribution < -0.4 is 19.7 Å². The first-order valence-corrected chi connectivity index (χ1v) is 10.8. The Hall–Kier alpha value is -2.01. The number of hydrogen-bond donors (Lipinski definition) is 1. The Kier molecular flexibility index (Phi) is 7.53. The Morgan fingerprint density at radius 3 is 2.18 bits per heavy atom. The maximum absolute atomic E-state index is 14.0. The first kappa shape index (κ1) is 22.3. The van der Waals surface area contributed by atoms with Gasteiger partial charge in [-0.15, -0.1) is 0 Å². The average molecular weight is 407 g/mol. The molecule has 0 unspecified atom stereocenters. The molecule has 2 aromatic rings. The molecule has 154 valence electrons. The summed E-state index contributed by atoms with van der Waals surface area (Å²) in [6, 6.07) is 12.2. The topological polar surface area (TPSA) is 68.2 Å². The van der Waals surface area contributed by atoms with Crippen LogP contribution in [0.4, 0.5) is 5.69 Å². The molecule has 2 atom stereocenters. The van der Waals surface area contributed by atoms with Gasteiger partial charge in [0, 0.05) is 30.7 Å². The van der Waals surface area contributed by atoms with E-state index in [-0.39, 0.29) is 12.5 Å². The van der Waals surface area contributed by atoms with Gasteiger partial charge in [0.1, 0.15) is 11.5 Å². The lowest BCUT2D eigenvalue weighted by Gasteiger charge is -2.27. The highest BCUT2D eigenvalue weighted by Crippen LogP contribution is 2.59. The monoisotopic (exact) mass is 407 g/mol. The quantitative estimate of drug-likeness (QED) is 0.633. The van der Waals surface area contributed by atoms with Gasteiger partial charge in [-0.1, -0.05) is 13.8 Å². The first-order chi connectivity index (χ1) is 13.2. The summed E-state index contributed by atoms with van der Waals surface area (Å²) in [5, 5.41) is 11.6. The summed E-state index contributed by atoms with van der Waals surface area (Å²) in [5.41, 5.74) is 1.33. The first-order valence-electron chi connectivity index (χ1n) is 9.15. The number of aliphatic hydroxyl groups excluding tert-OH is 1. The van der Waals surface area contributed by atoms with Gasteiger partial charge in [-0.2, -0.15) is 0 Å². The summed E-state index contributed by atoms with van der Waals surface area (Å²) in [6.45, 7) is 4.20. The van der Waals surface area contributed by atoms with Crippen molar-refractivity contribution < 1.29 is 23.7 Å². The highest BCUT2D eigenvalue weighted by Gasteiger charge is 2.38. The molecule has 0 spiro atoms. The Bertz CT molecular complexity index is 820. The van der Waals surface area contributed by atoms with Gasteiger partial charge < -0.3 is 24.0 Å². The second-order valence-corrected chi connectivity index (χ2v) is 9.64. The zero-order chi connectivity index (χ0) is 20.9. The van der Waals surface area contributed by atoms with Crippen LogP contribution in [-0.2, 0) is 9.09 Å². The number of hydrogen-bond acceptors (Lipinski definition) is 6. The molecular weight excluding hydrogens is 377 g/mol. The number of rotatable bonds is 9. The number of methoxy groups -OCH3 is 2. The smallest absolute Gasteiger partial charge is 0.264 e. The highest BCUT2D eigenvalue weighted by molar-refractivity contribution is 7.67. The molecule has 2 aromatic carbocycles. The number of ether oxygens (including phenoxy) is 2. The third-order valence-electron chi connectivity index (χ3n) is 4.36. The summed E-state index contributed by atoms with van der Waals surface area (Å²) in [4.78, 5) is 1.95. The third-order valence-corrected chi connectivity index (χ3v) is 6.84. The summed E-state index contributed by atoms with van der Waals surface area (Å²) in [5.74, 6) is -0.268. The Labute approximate surface area is 167 Å². The molecule has 0 fully saturated rings. The van der Waals surface area contributed by atoms with Gasteiger partial charge in [-0.25, -0.2) is 0 Å². The van der Waals surface area contributed by atoms with Crippen molar-refractivity contribution in [3.63, 3.8) is 0 Å². The van der Waals surface area contributed by atoms with Gasteiger partial charge in [-0.3, -0.25) is 4.57 Å². The normalized spacial score (nSPS) is 14.4. The van der Waals surface area contributed by atoms with Crippen molar-refractivity contribution >= 4 is 18.4 Å². The summed E-state index contributed by atoms with van der Waals surface area (Å²) in [6.07, 6.45) is 0. The van der Waals surface area contributed by atoms with Crippen LogP contribution in [0, 0.1) is 5.92 Å². The molecule has 0 aliphatic carbocycles. The van der Waals surface area contributed by atoms with Gasteiger partial charge in [0.25, 0.3) is 7.37 Å². The Morgan fingerprint density at radius 1 is 1.04 bits per heavy atom. The molecule has 0 saturated heterocycles. The van der Waals surface area contributed by atoms with E-state index in [4.69, 9.17) is 14.0 Å². The van der Waals surface area contributed by atoms with E-state index in [1.54, 1.807) is 30.3 Å². The lowest BCUT2D eigenvalue weighted by Crippen LogP contribution is -2.18. The van der Waals surface area contributed by atoms with E-state index in [9.17, 15) is 9.67 Å². The van der Waals surface area contributed by atoms with Gasteiger partial charge in [0.2, 0.25) is 0 Å². The van der Waals surface area contributed by atoms with Gasteiger partial charge >= 0.3 is 0 Å². The summed E-state index contributed by atoms with van der Waals surface area (Å²) < 4.78 is 30.5.